The van der Waals surface area contributed by atoms with Gasteiger partial charge in [-0.15, -0.1) is 0 Å². The highest BCUT2D eigenvalue weighted by atomic mass is 16.4. The predicted molar refractivity (Wildman–Crippen MR) is 78.6 cm³/mol. The summed E-state index contributed by atoms with van der Waals surface area (Å²) in [7, 11) is 0. The third kappa shape index (κ3) is 7.36. The molecule has 1 saturated carbocycles. The summed E-state index contributed by atoms with van der Waals surface area (Å²) in [5.41, 5.74) is 0.323. The Morgan fingerprint density at radius 1 is 1.20 bits per heavy atom. The molecule has 0 aromatic heterocycles. The first-order chi connectivity index (χ1) is 9.45. The van der Waals surface area contributed by atoms with Crippen molar-refractivity contribution >= 4 is 12.0 Å². The number of carbonyl (C=O) groups is 2. The molecule has 0 saturated heterocycles. The fraction of sp³-hybridized carbons (Fsp3) is 0.867. The number of amides is 2. The molecular formula is C15H28N2O3. The Morgan fingerprint density at radius 3 is 2.45 bits per heavy atom. The van der Waals surface area contributed by atoms with Crippen LogP contribution in [0.4, 0.5) is 4.79 Å². The Morgan fingerprint density at radius 2 is 1.90 bits per heavy atom. The lowest BCUT2D eigenvalue weighted by Gasteiger charge is -2.16. The van der Waals surface area contributed by atoms with Gasteiger partial charge in [-0.05, 0) is 37.0 Å². The minimum atomic E-state index is -0.741. The predicted octanol–water partition coefficient (Wildman–Crippen LogP) is 2.76. The number of carbonyl (C=O) groups excluding carboxylic acids is 1. The number of rotatable bonds is 10. The van der Waals surface area contributed by atoms with Gasteiger partial charge in [0.1, 0.15) is 0 Å². The normalized spacial score (nSPS) is 17.3. The molecule has 5 nitrogen and oxygen atoms in total. The molecule has 20 heavy (non-hydrogen) atoms. The quantitative estimate of drug-likeness (QED) is 0.577. The summed E-state index contributed by atoms with van der Waals surface area (Å²) < 4.78 is 0. The van der Waals surface area contributed by atoms with Crippen LogP contribution >= 0.6 is 0 Å². The average molecular weight is 284 g/mol. The van der Waals surface area contributed by atoms with Gasteiger partial charge in [0.2, 0.25) is 0 Å². The number of aliphatic carboxylic acids is 1. The number of urea groups is 1. The van der Waals surface area contributed by atoms with Gasteiger partial charge in [-0.3, -0.25) is 4.79 Å². The third-order valence-corrected chi connectivity index (χ3v) is 4.08. The first kappa shape index (κ1) is 16.8. The zero-order chi connectivity index (χ0) is 15.0. The molecule has 116 valence electrons. The lowest BCUT2D eigenvalue weighted by Crippen LogP contribution is -2.39. The van der Waals surface area contributed by atoms with Gasteiger partial charge in [0.25, 0.3) is 0 Å². The highest BCUT2D eigenvalue weighted by Crippen LogP contribution is 2.43. The second kappa shape index (κ2) is 8.12. The zero-order valence-corrected chi connectivity index (χ0v) is 12.7. The second-order valence-electron chi connectivity index (χ2n) is 6.30. The molecule has 0 aromatic rings. The maximum absolute atomic E-state index is 11.6. The fourth-order valence-corrected chi connectivity index (χ4v) is 2.31. The van der Waals surface area contributed by atoms with E-state index in [4.69, 9.17) is 5.11 Å². The van der Waals surface area contributed by atoms with Crippen molar-refractivity contribution in [1.29, 1.82) is 0 Å². The Balaban J connectivity index is 2.11. The van der Waals surface area contributed by atoms with Gasteiger partial charge < -0.3 is 15.7 Å². The van der Waals surface area contributed by atoms with Gasteiger partial charge >= 0.3 is 12.0 Å². The number of hydrogen-bond donors (Lipinski definition) is 3. The topological polar surface area (TPSA) is 78.4 Å². The Bertz CT molecular complexity index is 327. The molecule has 1 rings (SSSR count). The highest BCUT2D eigenvalue weighted by Gasteiger charge is 2.37. The van der Waals surface area contributed by atoms with Crippen LogP contribution < -0.4 is 10.6 Å². The molecule has 0 aromatic carbocycles. The van der Waals surface area contributed by atoms with Gasteiger partial charge in [0.05, 0.1) is 0 Å². The molecule has 1 fully saturated rings. The van der Waals surface area contributed by atoms with E-state index in [9.17, 15) is 9.59 Å². The van der Waals surface area contributed by atoms with E-state index in [0.717, 1.165) is 25.8 Å². The van der Waals surface area contributed by atoms with Gasteiger partial charge in [-0.2, -0.15) is 0 Å². The van der Waals surface area contributed by atoms with Crippen molar-refractivity contribution in [3.05, 3.63) is 0 Å². The Labute approximate surface area is 121 Å². The summed E-state index contributed by atoms with van der Waals surface area (Å²) in [6.45, 7) is 5.64. The maximum atomic E-state index is 11.6. The van der Waals surface area contributed by atoms with Crippen molar-refractivity contribution in [3.8, 4) is 0 Å². The molecule has 3 N–H and O–H groups in total. The standard InChI is InChI=1S/C15H28N2O3/c1-3-4-12(5-6-13(18)19)7-10-16-14(20)17-11-15(2)8-9-15/h12H,3-11H2,1-2H3,(H,18,19)(H2,16,17,20). The smallest absolute Gasteiger partial charge is 0.314 e. The fourth-order valence-electron chi connectivity index (χ4n) is 2.31. The molecule has 1 aliphatic carbocycles. The lowest BCUT2D eigenvalue weighted by molar-refractivity contribution is -0.137. The summed E-state index contributed by atoms with van der Waals surface area (Å²) in [5.74, 6) is -0.355. The van der Waals surface area contributed by atoms with Crippen LogP contribution in [-0.2, 0) is 4.79 Å². The van der Waals surface area contributed by atoms with E-state index in [1.165, 1.54) is 12.8 Å². The molecule has 2 amide bonds. The van der Waals surface area contributed by atoms with E-state index in [2.05, 4.69) is 24.5 Å². The summed E-state index contributed by atoms with van der Waals surface area (Å²) in [4.78, 5) is 22.2. The zero-order valence-electron chi connectivity index (χ0n) is 12.7. The second-order valence-corrected chi connectivity index (χ2v) is 6.30. The van der Waals surface area contributed by atoms with Crippen LogP contribution in [0.25, 0.3) is 0 Å². The number of nitrogens with one attached hydrogen (secondary N) is 2. The van der Waals surface area contributed by atoms with Crippen LogP contribution in [0.1, 0.15) is 58.8 Å². The monoisotopic (exact) mass is 284 g/mol. The molecule has 5 heteroatoms. The van der Waals surface area contributed by atoms with Crippen LogP contribution in [0.5, 0.6) is 0 Å². The minimum absolute atomic E-state index is 0.105. The van der Waals surface area contributed by atoms with E-state index in [1.807, 2.05) is 0 Å². The van der Waals surface area contributed by atoms with Crippen molar-refractivity contribution in [2.75, 3.05) is 13.1 Å². The van der Waals surface area contributed by atoms with Crippen molar-refractivity contribution in [1.82, 2.24) is 10.6 Å². The molecule has 1 unspecified atom stereocenters. The minimum Gasteiger partial charge on any atom is -0.481 e. The van der Waals surface area contributed by atoms with Gasteiger partial charge in [-0.1, -0.05) is 26.7 Å². The molecule has 0 spiro atoms. The maximum Gasteiger partial charge on any atom is 0.314 e. The van der Waals surface area contributed by atoms with Crippen LogP contribution in [0.15, 0.2) is 0 Å². The number of carboxylic acids is 1. The van der Waals surface area contributed by atoms with E-state index < -0.39 is 5.97 Å². The Hall–Kier alpha value is -1.26. The third-order valence-electron chi connectivity index (χ3n) is 4.08. The van der Waals surface area contributed by atoms with Crippen LogP contribution in [0.3, 0.4) is 0 Å². The van der Waals surface area contributed by atoms with Crippen LogP contribution in [-0.4, -0.2) is 30.2 Å². The van der Waals surface area contributed by atoms with Crippen molar-refractivity contribution in [3.63, 3.8) is 0 Å². The van der Waals surface area contributed by atoms with Crippen molar-refractivity contribution in [2.24, 2.45) is 11.3 Å². The molecule has 0 bridgehead atoms. The summed E-state index contributed by atoms with van der Waals surface area (Å²) in [5, 5.41) is 14.5. The van der Waals surface area contributed by atoms with Crippen molar-refractivity contribution < 1.29 is 14.7 Å². The lowest BCUT2D eigenvalue weighted by atomic mass is 9.94. The molecule has 1 atom stereocenters. The van der Waals surface area contributed by atoms with E-state index in [-0.39, 0.29) is 12.5 Å². The van der Waals surface area contributed by atoms with E-state index >= 15 is 0 Å². The van der Waals surface area contributed by atoms with Gasteiger partial charge in [-0.25, -0.2) is 4.79 Å². The summed E-state index contributed by atoms with van der Waals surface area (Å²) >= 11 is 0. The summed E-state index contributed by atoms with van der Waals surface area (Å²) in [6.07, 6.45) is 6.23. The number of carboxylic acid groups (broad SMARTS) is 1. The molecule has 0 heterocycles. The van der Waals surface area contributed by atoms with E-state index in [0.29, 0.717) is 24.3 Å². The Kier molecular flexibility index (Phi) is 6.82. The first-order valence-corrected chi connectivity index (χ1v) is 7.69. The van der Waals surface area contributed by atoms with Gasteiger partial charge in [0.15, 0.2) is 0 Å². The molecule has 0 radical (unpaired) electrons. The van der Waals surface area contributed by atoms with E-state index in [1.54, 1.807) is 0 Å². The number of hydrogen-bond acceptors (Lipinski definition) is 2. The van der Waals surface area contributed by atoms with Gasteiger partial charge in [0, 0.05) is 19.5 Å². The van der Waals surface area contributed by atoms with Crippen molar-refractivity contribution in [2.45, 2.75) is 58.8 Å². The SMILES string of the molecule is CCCC(CCNC(=O)NCC1(C)CC1)CCC(=O)O. The average Bonchev–Trinajstić information content (AvgIpc) is 3.12. The molecule has 0 aliphatic heterocycles. The first-order valence-electron chi connectivity index (χ1n) is 7.69. The van der Waals surface area contributed by atoms with Crippen LogP contribution in [0, 0.1) is 11.3 Å². The molecule has 1 aliphatic rings. The molecular weight excluding hydrogens is 256 g/mol. The van der Waals surface area contributed by atoms with Crippen LogP contribution in [0.2, 0.25) is 0 Å². The summed E-state index contributed by atoms with van der Waals surface area (Å²) in [6, 6.07) is -0.105. The highest BCUT2D eigenvalue weighted by molar-refractivity contribution is 5.73. The largest absolute Gasteiger partial charge is 0.481 e.